The smallest absolute Gasteiger partial charge is 0.296 e. The number of aliphatic hydroxyl groups is 1. The predicted octanol–water partition coefficient (Wildman–Crippen LogP) is 2.27. The molecule has 0 aliphatic carbocycles. The van der Waals surface area contributed by atoms with Crippen molar-refractivity contribution in [2.24, 2.45) is 0 Å². The number of carbonyl (C=O) groups excluding carboxylic acids is 3. The van der Waals surface area contributed by atoms with Gasteiger partial charge in [-0.1, -0.05) is 24.3 Å². The van der Waals surface area contributed by atoms with Crippen LogP contribution in [0.15, 0.2) is 66.8 Å². The molecule has 2 aromatic rings. The van der Waals surface area contributed by atoms with Crippen molar-refractivity contribution in [3.05, 3.63) is 83.7 Å². The fourth-order valence-electron chi connectivity index (χ4n) is 5.30. The van der Waals surface area contributed by atoms with Crippen LogP contribution in [0.1, 0.15) is 11.1 Å². The summed E-state index contributed by atoms with van der Waals surface area (Å²) in [5, 5.41) is 11.4. The third-order valence-corrected chi connectivity index (χ3v) is 6.98. The van der Waals surface area contributed by atoms with Gasteiger partial charge < -0.3 is 19.6 Å². The quantitative estimate of drug-likeness (QED) is 0.289. The van der Waals surface area contributed by atoms with Crippen LogP contribution in [-0.4, -0.2) is 78.4 Å². The number of para-hydroxylation sites is 1. The molecule has 36 heavy (non-hydrogen) atoms. The number of ether oxygens (including phenoxy) is 1. The van der Waals surface area contributed by atoms with Crippen LogP contribution < -0.4 is 4.90 Å². The molecule has 8 nitrogen and oxygen atoms in total. The van der Waals surface area contributed by atoms with Crippen LogP contribution in [0, 0.1) is 5.82 Å². The Morgan fingerprint density at radius 2 is 1.75 bits per heavy atom. The summed E-state index contributed by atoms with van der Waals surface area (Å²) in [7, 11) is 0. The minimum atomic E-state index is -1.85. The first-order valence-corrected chi connectivity index (χ1v) is 11.8. The molecule has 0 aromatic heterocycles. The lowest BCUT2D eigenvalue weighted by Gasteiger charge is -2.36. The molecule has 2 saturated heterocycles. The van der Waals surface area contributed by atoms with Gasteiger partial charge in [0.15, 0.2) is 5.54 Å². The highest BCUT2D eigenvalue weighted by Gasteiger charge is 2.66. The number of ketones is 1. The molecule has 3 aliphatic rings. The molecule has 0 unspecified atom stereocenters. The molecule has 2 amide bonds. The third-order valence-electron chi connectivity index (χ3n) is 6.98. The summed E-state index contributed by atoms with van der Waals surface area (Å²) >= 11 is 0. The Morgan fingerprint density at radius 3 is 2.44 bits per heavy atom. The number of rotatable bonds is 6. The number of carbonyl (C=O) groups is 3. The van der Waals surface area contributed by atoms with E-state index in [0.717, 1.165) is 12.1 Å². The Bertz CT molecular complexity index is 1270. The standard InChI is InChI=1S/C27H26FN3O5/c1-2-11-30-21-6-4-3-5-20(21)27(26(30)35)22(23(32)18-7-9-19(28)10-8-18)24(33)25(34)31(27)13-12-29-14-16-36-17-15-29/h2-10,32H,1,11-17H2/t27-/m1/s1. The highest BCUT2D eigenvalue weighted by molar-refractivity contribution is 6.50. The number of hydrogen-bond acceptors (Lipinski definition) is 6. The van der Waals surface area contributed by atoms with Crippen molar-refractivity contribution in [1.82, 2.24) is 9.80 Å². The molecular weight excluding hydrogens is 465 g/mol. The van der Waals surface area contributed by atoms with Gasteiger partial charge in [0, 0.05) is 43.9 Å². The van der Waals surface area contributed by atoms with E-state index in [1.165, 1.54) is 21.9 Å². The van der Waals surface area contributed by atoms with Gasteiger partial charge in [-0.25, -0.2) is 4.39 Å². The van der Waals surface area contributed by atoms with E-state index in [4.69, 9.17) is 4.74 Å². The minimum Gasteiger partial charge on any atom is -0.507 e. The van der Waals surface area contributed by atoms with Crippen molar-refractivity contribution < 1.29 is 28.6 Å². The first-order chi connectivity index (χ1) is 17.4. The van der Waals surface area contributed by atoms with Crippen LogP contribution >= 0.6 is 0 Å². The number of benzene rings is 2. The molecule has 2 fully saturated rings. The van der Waals surface area contributed by atoms with E-state index in [1.807, 2.05) is 0 Å². The first-order valence-electron chi connectivity index (χ1n) is 11.8. The summed E-state index contributed by atoms with van der Waals surface area (Å²) in [4.78, 5) is 46.1. The van der Waals surface area contributed by atoms with Crippen molar-refractivity contribution in [1.29, 1.82) is 0 Å². The SMILES string of the molecule is C=CCN1C(=O)[C@]2(C(=C(O)c3ccc(F)cc3)C(=O)C(=O)N2CCN2CCOCC2)c2ccccc21. The lowest BCUT2D eigenvalue weighted by Crippen LogP contribution is -2.54. The number of amides is 2. The summed E-state index contributed by atoms with van der Waals surface area (Å²) in [5.74, 6) is -3.39. The molecule has 2 aromatic carbocycles. The highest BCUT2D eigenvalue weighted by atomic mass is 19.1. The van der Waals surface area contributed by atoms with Crippen molar-refractivity contribution in [2.75, 3.05) is 50.8 Å². The normalized spacial score (nSPS) is 23.5. The maximum absolute atomic E-state index is 14.2. The van der Waals surface area contributed by atoms with Gasteiger partial charge in [-0.3, -0.25) is 19.3 Å². The van der Waals surface area contributed by atoms with E-state index in [2.05, 4.69) is 11.5 Å². The first kappa shape index (κ1) is 23.9. The number of morpholine rings is 1. The number of hydrogen-bond donors (Lipinski definition) is 1. The van der Waals surface area contributed by atoms with Crippen molar-refractivity contribution in [2.45, 2.75) is 5.54 Å². The fraction of sp³-hybridized carbons (Fsp3) is 0.296. The monoisotopic (exact) mass is 491 g/mol. The Hall–Kier alpha value is -3.82. The summed E-state index contributed by atoms with van der Waals surface area (Å²) < 4.78 is 19.0. The van der Waals surface area contributed by atoms with Gasteiger partial charge in [-0.05, 0) is 30.3 Å². The average molecular weight is 492 g/mol. The van der Waals surface area contributed by atoms with E-state index < -0.39 is 34.7 Å². The number of anilines is 1. The van der Waals surface area contributed by atoms with Crippen LogP contribution in [-0.2, 0) is 24.7 Å². The molecule has 1 spiro atoms. The zero-order valence-corrected chi connectivity index (χ0v) is 19.7. The molecule has 5 rings (SSSR count). The summed E-state index contributed by atoms with van der Waals surface area (Å²) in [6, 6.07) is 11.8. The fourth-order valence-corrected chi connectivity index (χ4v) is 5.30. The predicted molar refractivity (Wildman–Crippen MR) is 131 cm³/mol. The van der Waals surface area contributed by atoms with E-state index >= 15 is 0 Å². The van der Waals surface area contributed by atoms with E-state index in [0.29, 0.717) is 44.1 Å². The lowest BCUT2D eigenvalue weighted by molar-refractivity contribution is -0.144. The number of halogens is 1. The number of Topliss-reactive ketones (excluding diaryl/α,β-unsaturated/α-hetero) is 1. The molecule has 0 saturated carbocycles. The molecule has 1 N–H and O–H groups in total. The molecule has 9 heteroatoms. The van der Waals surface area contributed by atoms with Gasteiger partial charge in [-0.15, -0.1) is 6.58 Å². The summed E-state index contributed by atoms with van der Waals surface area (Å²) in [6.07, 6.45) is 1.56. The van der Waals surface area contributed by atoms with Gasteiger partial charge in [-0.2, -0.15) is 0 Å². The topological polar surface area (TPSA) is 90.4 Å². The molecule has 0 radical (unpaired) electrons. The molecule has 0 bridgehead atoms. The Labute approximate surface area is 207 Å². The van der Waals surface area contributed by atoms with Gasteiger partial charge >= 0.3 is 0 Å². The van der Waals surface area contributed by atoms with Crippen LogP contribution in [0.5, 0.6) is 0 Å². The second-order valence-electron chi connectivity index (χ2n) is 8.90. The zero-order chi connectivity index (χ0) is 25.4. The van der Waals surface area contributed by atoms with E-state index in [1.54, 1.807) is 30.3 Å². The number of aliphatic hydroxyl groups excluding tert-OH is 1. The van der Waals surface area contributed by atoms with E-state index in [-0.39, 0.29) is 24.2 Å². The van der Waals surface area contributed by atoms with Crippen molar-refractivity contribution in [3.63, 3.8) is 0 Å². The Morgan fingerprint density at radius 1 is 1.06 bits per heavy atom. The molecule has 1 atom stereocenters. The van der Waals surface area contributed by atoms with Gasteiger partial charge in [0.1, 0.15) is 11.6 Å². The van der Waals surface area contributed by atoms with Crippen LogP contribution in [0.2, 0.25) is 0 Å². The van der Waals surface area contributed by atoms with Gasteiger partial charge in [0.2, 0.25) is 0 Å². The number of likely N-dealkylation sites (tertiary alicyclic amines) is 1. The molecule has 3 heterocycles. The molecule has 3 aliphatic heterocycles. The van der Waals surface area contributed by atoms with E-state index in [9.17, 15) is 23.9 Å². The Balaban J connectivity index is 1.71. The second kappa shape index (κ2) is 9.33. The van der Waals surface area contributed by atoms with Crippen molar-refractivity contribution in [3.8, 4) is 0 Å². The Kier molecular flexibility index (Phi) is 6.19. The van der Waals surface area contributed by atoms with Gasteiger partial charge in [0.05, 0.1) is 24.5 Å². The highest BCUT2D eigenvalue weighted by Crippen LogP contribution is 2.53. The maximum Gasteiger partial charge on any atom is 0.296 e. The summed E-state index contributed by atoms with van der Waals surface area (Å²) in [6.45, 7) is 6.86. The maximum atomic E-state index is 14.2. The van der Waals surface area contributed by atoms with Crippen LogP contribution in [0.25, 0.3) is 5.76 Å². The second-order valence-corrected chi connectivity index (χ2v) is 8.90. The average Bonchev–Trinajstić information content (AvgIpc) is 3.27. The van der Waals surface area contributed by atoms with Crippen LogP contribution in [0.4, 0.5) is 10.1 Å². The summed E-state index contributed by atoms with van der Waals surface area (Å²) in [5.41, 5.74) is -1.06. The molecule has 186 valence electrons. The number of nitrogens with zero attached hydrogens (tertiary/aromatic N) is 3. The number of fused-ring (bicyclic) bond motifs is 2. The third kappa shape index (κ3) is 3.54. The minimum absolute atomic E-state index is 0.0901. The molecular formula is C27H26FN3O5. The lowest BCUT2D eigenvalue weighted by atomic mass is 9.82. The largest absolute Gasteiger partial charge is 0.507 e. The zero-order valence-electron chi connectivity index (χ0n) is 19.7. The van der Waals surface area contributed by atoms with Crippen LogP contribution in [0.3, 0.4) is 0 Å². The van der Waals surface area contributed by atoms with Gasteiger partial charge in [0.25, 0.3) is 17.6 Å². The van der Waals surface area contributed by atoms with Crippen molar-refractivity contribution >= 4 is 29.0 Å².